The molecule has 2 aromatic carbocycles. The lowest BCUT2D eigenvalue weighted by molar-refractivity contribution is -0.114. The summed E-state index contributed by atoms with van der Waals surface area (Å²) in [6.45, 7) is 4.26. The van der Waals surface area contributed by atoms with Gasteiger partial charge in [0, 0.05) is 55.2 Å². The minimum absolute atomic E-state index is 0.122. The van der Waals surface area contributed by atoms with Gasteiger partial charge < -0.3 is 20.4 Å². The number of nitrogens with zero attached hydrogens (tertiary/aromatic N) is 2. The minimum Gasteiger partial charge on any atom is -0.368 e. The van der Waals surface area contributed by atoms with Crippen molar-refractivity contribution in [2.45, 2.75) is 6.92 Å². The number of carbonyl (C=O) groups is 2. The van der Waals surface area contributed by atoms with Gasteiger partial charge >= 0.3 is 6.03 Å². The lowest BCUT2D eigenvalue weighted by Gasteiger charge is -2.36. The monoisotopic (exact) mass is 372 g/mol. The molecule has 2 aromatic rings. The lowest BCUT2D eigenvalue weighted by Crippen LogP contribution is -2.50. The molecule has 136 valence electrons. The van der Waals surface area contributed by atoms with E-state index in [1.54, 1.807) is 29.2 Å². The van der Waals surface area contributed by atoms with Crippen molar-refractivity contribution in [2.24, 2.45) is 0 Å². The number of rotatable bonds is 3. The number of benzene rings is 2. The molecule has 0 aliphatic carbocycles. The zero-order chi connectivity index (χ0) is 18.5. The van der Waals surface area contributed by atoms with E-state index in [4.69, 9.17) is 11.6 Å². The van der Waals surface area contributed by atoms with Gasteiger partial charge in [0.1, 0.15) is 0 Å². The van der Waals surface area contributed by atoms with Crippen molar-refractivity contribution in [3.63, 3.8) is 0 Å². The molecular formula is C19H21ClN4O2. The first-order valence-corrected chi connectivity index (χ1v) is 8.83. The molecule has 3 rings (SSSR count). The highest BCUT2D eigenvalue weighted by Gasteiger charge is 2.21. The third kappa shape index (κ3) is 4.67. The van der Waals surface area contributed by atoms with Crippen LogP contribution in [0.15, 0.2) is 48.5 Å². The van der Waals surface area contributed by atoms with Gasteiger partial charge in [0.05, 0.1) is 0 Å². The SMILES string of the molecule is CC(=O)Nc1ccc(NC(=O)N2CCN(c3cccc(Cl)c3)CC2)cc1. The van der Waals surface area contributed by atoms with E-state index in [2.05, 4.69) is 15.5 Å². The molecule has 0 unspecified atom stereocenters. The first-order chi connectivity index (χ1) is 12.5. The molecule has 0 bridgehead atoms. The fraction of sp³-hybridized carbons (Fsp3) is 0.263. The Morgan fingerprint density at radius 2 is 1.54 bits per heavy atom. The Kier molecular flexibility index (Phi) is 5.63. The van der Waals surface area contributed by atoms with Gasteiger partial charge in [0.15, 0.2) is 0 Å². The number of amides is 3. The summed E-state index contributed by atoms with van der Waals surface area (Å²) >= 11 is 6.05. The summed E-state index contributed by atoms with van der Waals surface area (Å²) in [6.07, 6.45) is 0. The summed E-state index contributed by atoms with van der Waals surface area (Å²) in [5, 5.41) is 6.30. The number of carbonyl (C=O) groups excluding carboxylic acids is 2. The summed E-state index contributed by atoms with van der Waals surface area (Å²) in [7, 11) is 0. The van der Waals surface area contributed by atoms with Crippen molar-refractivity contribution in [1.29, 1.82) is 0 Å². The lowest BCUT2D eigenvalue weighted by atomic mass is 10.2. The predicted molar refractivity (Wildman–Crippen MR) is 105 cm³/mol. The van der Waals surface area contributed by atoms with Crippen LogP contribution < -0.4 is 15.5 Å². The van der Waals surface area contributed by atoms with E-state index in [-0.39, 0.29) is 11.9 Å². The second-order valence-corrected chi connectivity index (χ2v) is 6.58. The molecule has 0 saturated carbocycles. The van der Waals surface area contributed by atoms with E-state index in [0.717, 1.165) is 18.8 Å². The molecular weight excluding hydrogens is 352 g/mol. The highest BCUT2D eigenvalue weighted by molar-refractivity contribution is 6.30. The average molecular weight is 373 g/mol. The van der Waals surface area contributed by atoms with Crippen LogP contribution in [0, 0.1) is 0 Å². The number of urea groups is 1. The summed E-state index contributed by atoms with van der Waals surface area (Å²) in [6, 6.07) is 14.7. The smallest absolute Gasteiger partial charge is 0.321 e. The largest absolute Gasteiger partial charge is 0.368 e. The molecule has 0 spiro atoms. The quantitative estimate of drug-likeness (QED) is 0.864. The molecule has 3 amide bonds. The zero-order valence-electron chi connectivity index (χ0n) is 14.5. The van der Waals surface area contributed by atoms with Crippen LogP contribution in [0.1, 0.15) is 6.92 Å². The van der Waals surface area contributed by atoms with E-state index in [0.29, 0.717) is 29.5 Å². The fourth-order valence-corrected chi connectivity index (χ4v) is 3.07. The van der Waals surface area contributed by atoms with Crippen molar-refractivity contribution in [3.8, 4) is 0 Å². The van der Waals surface area contributed by atoms with Gasteiger partial charge in [0.25, 0.3) is 0 Å². The summed E-state index contributed by atoms with van der Waals surface area (Å²) in [5.74, 6) is -0.126. The topological polar surface area (TPSA) is 64.7 Å². The first-order valence-electron chi connectivity index (χ1n) is 8.45. The highest BCUT2D eigenvalue weighted by Crippen LogP contribution is 2.21. The van der Waals surface area contributed by atoms with Crippen molar-refractivity contribution in [3.05, 3.63) is 53.6 Å². The van der Waals surface area contributed by atoms with E-state index >= 15 is 0 Å². The molecule has 0 atom stereocenters. The number of anilines is 3. The van der Waals surface area contributed by atoms with Gasteiger partial charge in [-0.2, -0.15) is 0 Å². The Labute approximate surface area is 157 Å². The van der Waals surface area contributed by atoms with Crippen LogP contribution in [0.25, 0.3) is 0 Å². The van der Waals surface area contributed by atoms with Crippen molar-refractivity contribution < 1.29 is 9.59 Å². The molecule has 0 radical (unpaired) electrons. The molecule has 26 heavy (non-hydrogen) atoms. The standard InChI is InChI=1S/C19H21ClN4O2/c1-14(25)21-16-5-7-17(8-6-16)22-19(26)24-11-9-23(10-12-24)18-4-2-3-15(20)13-18/h2-8,13H,9-12H2,1H3,(H,21,25)(H,22,26). The summed E-state index contributed by atoms with van der Waals surface area (Å²) in [5.41, 5.74) is 2.47. The number of nitrogens with one attached hydrogen (secondary N) is 2. The van der Waals surface area contributed by atoms with Crippen LogP contribution in [-0.4, -0.2) is 43.0 Å². The maximum absolute atomic E-state index is 12.4. The summed E-state index contributed by atoms with van der Waals surface area (Å²) in [4.78, 5) is 27.5. The molecule has 1 aliphatic rings. The van der Waals surface area contributed by atoms with Crippen LogP contribution in [-0.2, 0) is 4.79 Å². The van der Waals surface area contributed by atoms with Gasteiger partial charge in [0.2, 0.25) is 5.91 Å². The second kappa shape index (κ2) is 8.10. The second-order valence-electron chi connectivity index (χ2n) is 6.14. The zero-order valence-corrected chi connectivity index (χ0v) is 15.3. The minimum atomic E-state index is -0.126. The van der Waals surface area contributed by atoms with E-state index < -0.39 is 0 Å². The van der Waals surface area contributed by atoms with Crippen molar-refractivity contribution >= 4 is 40.6 Å². The van der Waals surface area contributed by atoms with Gasteiger partial charge in [-0.05, 0) is 42.5 Å². The van der Waals surface area contributed by atoms with Gasteiger partial charge in [-0.25, -0.2) is 4.79 Å². The Hall–Kier alpha value is -2.73. The number of piperazine rings is 1. The first kappa shape index (κ1) is 18.1. The van der Waals surface area contributed by atoms with Gasteiger partial charge in [-0.3, -0.25) is 4.79 Å². The maximum atomic E-state index is 12.4. The van der Waals surface area contributed by atoms with Crippen LogP contribution in [0.4, 0.5) is 21.9 Å². The summed E-state index contributed by atoms with van der Waals surface area (Å²) < 4.78 is 0. The van der Waals surface area contributed by atoms with E-state index in [1.807, 2.05) is 24.3 Å². The molecule has 0 aromatic heterocycles. The Morgan fingerprint density at radius 1 is 0.923 bits per heavy atom. The molecule has 1 aliphatic heterocycles. The highest BCUT2D eigenvalue weighted by atomic mass is 35.5. The van der Waals surface area contributed by atoms with Crippen LogP contribution in [0.3, 0.4) is 0 Å². The third-order valence-corrected chi connectivity index (χ3v) is 4.43. The van der Waals surface area contributed by atoms with E-state index in [1.165, 1.54) is 6.92 Å². The Morgan fingerprint density at radius 3 is 2.12 bits per heavy atom. The number of hydrogen-bond donors (Lipinski definition) is 2. The molecule has 1 heterocycles. The maximum Gasteiger partial charge on any atom is 0.321 e. The molecule has 2 N–H and O–H groups in total. The molecule has 6 nitrogen and oxygen atoms in total. The molecule has 7 heteroatoms. The van der Waals surface area contributed by atoms with Gasteiger partial charge in [-0.15, -0.1) is 0 Å². The Balaban J connectivity index is 1.53. The normalized spacial score (nSPS) is 14.1. The van der Waals surface area contributed by atoms with Crippen LogP contribution in [0.5, 0.6) is 0 Å². The molecule has 1 fully saturated rings. The fourth-order valence-electron chi connectivity index (χ4n) is 2.88. The predicted octanol–water partition coefficient (Wildman–Crippen LogP) is 3.65. The van der Waals surface area contributed by atoms with Crippen molar-refractivity contribution in [2.75, 3.05) is 41.7 Å². The third-order valence-electron chi connectivity index (χ3n) is 4.20. The Bertz CT molecular complexity index is 786. The number of hydrogen-bond acceptors (Lipinski definition) is 3. The van der Waals surface area contributed by atoms with Crippen LogP contribution >= 0.6 is 11.6 Å². The van der Waals surface area contributed by atoms with Crippen LogP contribution in [0.2, 0.25) is 5.02 Å². The molecule has 1 saturated heterocycles. The average Bonchev–Trinajstić information content (AvgIpc) is 2.63. The van der Waals surface area contributed by atoms with Gasteiger partial charge in [-0.1, -0.05) is 17.7 Å². The van der Waals surface area contributed by atoms with E-state index in [9.17, 15) is 9.59 Å². The van der Waals surface area contributed by atoms with Crippen molar-refractivity contribution in [1.82, 2.24) is 4.90 Å². The number of halogens is 1.